The fourth-order valence-corrected chi connectivity index (χ4v) is 2.71. The van der Waals surface area contributed by atoms with Gasteiger partial charge in [0.05, 0.1) is 12.2 Å². The van der Waals surface area contributed by atoms with Gasteiger partial charge < -0.3 is 9.84 Å². The third-order valence-corrected chi connectivity index (χ3v) is 4.04. The summed E-state index contributed by atoms with van der Waals surface area (Å²) in [5.74, 6) is -2.26. The third kappa shape index (κ3) is 4.20. The summed E-state index contributed by atoms with van der Waals surface area (Å²) in [6, 6.07) is 1.64. The first-order chi connectivity index (χ1) is 9.44. The van der Waals surface area contributed by atoms with Gasteiger partial charge in [-0.2, -0.15) is 0 Å². The molecule has 0 amide bonds. The largest absolute Gasteiger partial charge is 0.391 e. The highest BCUT2D eigenvalue weighted by Gasteiger charge is 2.22. The van der Waals surface area contributed by atoms with E-state index in [9.17, 15) is 17.2 Å². The molecule has 0 unspecified atom stereocenters. The summed E-state index contributed by atoms with van der Waals surface area (Å²) < 4.78 is 58.0. The number of aliphatic hydroxyl groups is 1. The normalized spacial score (nSPS) is 11.8. The minimum Gasteiger partial charge on any atom is -0.391 e. The standard InChI is InChI=1S/C12H17F2NO4S/c1-2-19-7-3-6-15-20(17,18)11-5-4-10(13)9(8-16)12(11)14/h4-5,15-16H,2-3,6-8H2,1H3. The Kier molecular flexibility index (Phi) is 6.47. The average molecular weight is 309 g/mol. The molecule has 114 valence electrons. The quantitative estimate of drug-likeness (QED) is 0.707. The number of ether oxygens (including phenoxy) is 1. The predicted molar refractivity (Wildman–Crippen MR) is 68.6 cm³/mol. The molecule has 0 radical (unpaired) electrons. The van der Waals surface area contributed by atoms with Gasteiger partial charge in [-0.25, -0.2) is 21.9 Å². The van der Waals surface area contributed by atoms with E-state index in [1.807, 2.05) is 6.92 Å². The van der Waals surface area contributed by atoms with Gasteiger partial charge in [0, 0.05) is 19.8 Å². The molecule has 2 N–H and O–H groups in total. The first-order valence-electron chi connectivity index (χ1n) is 6.09. The molecule has 0 saturated heterocycles. The summed E-state index contributed by atoms with van der Waals surface area (Å²) in [7, 11) is -4.09. The molecule has 0 aliphatic heterocycles. The van der Waals surface area contributed by atoms with Gasteiger partial charge in [0.2, 0.25) is 10.0 Å². The molecule has 0 aromatic heterocycles. The molecular weight excluding hydrogens is 292 g/mol. The van der Waals surface area contributed by atoms with Gasteiger partial charge in [0.15, 0.2) is 5.82 Å². The van der Waals surface area contributed by atoms with E-state index in [1.54, 1.807) is 0 Å². The monoisotopic (exact) mass is 309 g/mol. The molecule has 1 aromatic carbocycles. The Labute approximate surface area is 116 Å². The minimum atomic E-state index is -4.09. The number of hydrogen-bond donors (Lipinski definition) is 2. The molecule has 0 saturated carbocycles. The number of nitrogens with one attached hydrogen (secondary N) is 1. The molecule has 5 nitrogen and oxygen atoms in total. The molecular formula is C12H17F2NO4S. The highest BCUT2D eigenvalue weighted by Crippen LogP contribution is 2.20. The minimum absolute atomic E-state index is 0.0770. The summed E-state index contributed by atoms with van der Waals surface area (Å²) in [6.07, 6.45) is 0.433. The molecule has 8 heteroatoms. The molecule has 0 fully saturated rings. The van der Waals surface area contributed by atoms with Crippen molar-refractivity contribution < 1.29 is 27.0 Å². The van der Waals surface area contributed by atoms with Crippen molar-refractivity contribution in [2.24, 2.45) is 0 Å². The maximum atomic E-state index is 13.8. The third-order valence-electron chi connectivity index (χ3n) is 2.56. The van der Waals surface area contributed by atoms with E-state index in [0.29, 0.717) is 19.6 Å². The maximum Gasteiger partial charge on any atom is 0.243 e. The Balaban J connectivity index is 2.83. The molecule has 0 bridgehead atoms. The summed E-state index contributed by atoms with van der Waals surface area (Å²) in [4.78, 5) is -0.681. The van der Waals surface area contributed by atoms with E-state index < -0.39 is 38.7 Å². The van der Waals surface area contributed by atoms with Crippen LogP contribution in [0.15, 0.2) is 17.0 Å². The average Bonchev–Trinajstić information content (AvgIpc) is 2.38. The van der Waals surface area contributed by atoms with Crippen molar-refractivity contribution >= 4 is 10.0 Å². The van der Waals surface area contributed by atoms with Crippen LogP contribution in [0.5, 0.6) is 0 Å². The summed E-state index contributed by atoms with van der Waals surface area (Å²) in [6.45, 7) is 1.89. The number of halogens is 2. The van der Waals surface area contributed by atoms with Crippen molar-refractivity contribution in [2.45, 2.75) is 24.8 Å². The van der Waals surface area contributed by atoms with Crippen LogP contribution in [0.25, 0.3) is 0 Å². The van der Waals surface area contributed by atoms with Gasteiger partial charge in [0.25, 0.3) is 0 Å². The highest BCUT2D eigenvalue weighted by molar-refractivity contribution is 7.89. The van der Waals surface area contributed by atoms with Gasteiger partial charge in [-0.1, -0.05) is 0 Å². The van der Waals surface area contributed by atoms with Crippen LogP contribution in [0.4, 0.5) is 8.78 Å². The van der Waals surface area contributed by atoms with Crippen molar-refractivity contribution in [1.82, 2.24) is 4.72 Å². The smallest absolute Gasteiger partial charge is 0.243 e. The van der Waals surface area contributed by atoms with Crippen molar-refractivity contribution in [2.75, 3.05) is 19.8 Å². The van der Waals surface area contributed by atoms with Crippen molar-refractivity contribution in [3.63, 3.8) is 0 Å². The number of benzene rings is 1. The Morgan fingerprint density at radius 2 is 2.05 bits per heavy atom. The van der Waals surface area contributed by atoms with Crippen LogP contribution in [-0.4, -0.2) is 33.3 Å². The van der Waals surface area contributed by atoms with E-state index in [2.05, 4.69) is 4.72 Å². The summed E-state index contributed by atoms with van der Waals surface area (Å²) in [5.41, 5.74) is -0.665. The Hall–Kier alpha value is -1.09. The second kappa shape index (κ2) is 7.63. The van der Waals surface area contributed by atoms with Crippen LogP contribution in [0.2, 0.25) is 0 Å². The van der Waals surface area contributed by atoms with Crippen molar-refractivity contribution in [3.8, 4) is 0 Å². The van der Waals surface area contributed by atoms with Crippen LogP contribution < -0.4 is 4.72 Å². The molecule has 0 atom stereocenters. The van der Waals surface area contributed by atoms with E-state index in [-0.39, 0.29) is 6.54 Å². The zero-order valence-corrected chi connectivity index (χ0v) is 11.8. The lowest BCUT2D eigenvalue weighted by atomic mass is 10.2. The second-order valence-electron chi connectivity index (χ2n) is 3.94. The van der Waals surface area contributed by atoms with E-state index in [1.165, 1.54) is 0 Å². The lowest BCUT2D eigenvalue weighted by Gasteiger charge is -2.10. The fourth-order valence-electron chi connectivity index (χ4n) is 1.53. The SMILES string of the molecule is CCOCCCNS(=O)(=O)c1ccc(F)c(CO)c1F. The Morgan fingerprint density at radius 1 is 1.35 bits per heavy atom. The molecule has 0 heterocycles. The summed E-state index contributed by atoms with van der Waals surface area (Å²) in [5, 5.41) is 8.85. The number of aliphatic hydroxyl groups excluding tert-OH is 1. The topological polar surface area (TPSA) is 75.6 Å². The van der Waals surface area contributed by atoms with Crippen LogP contribution in [0.3, 0.4) is 0 Å². The molecule has 0 aliphatic carbocycles. The molecule has 1 aromatic rings. The molecule has 20 heavy (non-hydrogen) atoms. The first-order valence-corrected chi connectivity index (χ1v) is 7.57. The van der Waals surface area contributed by atoms with E-state index >= 15 is 0 Å². The first kappa shape index (κ1) is 17.0. The number of sulfonamides is 1. The van der Waals surface area contributed by atoms with E-state index in [0.717, 1.165) is 12.1 Å². The lowest BCUT2D eigenvalue weighted by molar-refractivity contribution is 0.146. The number of hydrogen-bond acceptors (Lipinski definition) is 4. The molecule has 0 aliphatic rings. The van der Waals surface area contributed by atoms with Crippen LogP contribution in [0, 0.1) is 11.6 Å². The van der Waals surface area contributed by atoms with Crippen LogP contribution in [-0.2, 0) is 21.4 Å². The van der Waals surface area contributed by atoms with Gasteiger partial charge >= 0.3 is 0 Å². The Bertz CT molecular complexity index is 549. The van der Waals surface area contributed by atoms with E-state index in [4.69, 9.17) is 9.84 Å². The van der Waals surface area contributed by atoms with Crippen LogP contribution in [0.1, 0.15) is 18.9 Å². The van der Waals surface area contributed by atoms with Gasteiger partial charge in [-0.3, -0.25) is 0 Å². The second-order valence-corrected chi connectivity index (χ2v) is 5.68. The Morgan fingerprint density at radius 3 is 2.65 bits per heavy atom. The molecule has 1 rings (SSSR count). The van der Waals surface area contributed by atoms with Crippen molar-refractivity contribution in [1.29, 1.82) is 0 Å². The zero-order valence-electron chi connectivity index (χ0n) is 11.0. The van der Waals surface area contributed by atoms with Crippen LogP contribution >= 0.6 is 0 Å². The van der Waals surface area contributed by atoms with Gasteiger partial charge in [-0.05, 0) is 25.5 Å². The van der Waals surface area contributed by atoms with Gasteiger partial charge in [-0.15, -0.1) is 0 Å². The van der Waals surface area contributed by atoms with Crippen molar-refractivity contribution in [3.05, 3.63) is 29.3 Å². The maximum absolute atomic E-state index is 13.8. The summed E-state index contributed by atoms with van der Waals surface area (Å²) >= 11 is 0. The predicted octanol–water partition coefficient (Wildman–Crippen LogP) is 1.16. The van der Waals surface area contributed by atoms with Gasteiger partial charge in [0.1, 0.15) is 10.7 Å². The zero-order chi connectivity index (χ0) is 15.2. The lowest BCUT2D eigenvalue weighted by Crippen LogP contribution is -2.27. The fraction of sp³-hybridized carbons (Fsp3) is 0.500. The molecule has 0 spiro atoms. The highest BCUT2D eigenvalue weighted by atomic mass is 32.2. The number of rotatable bonds is 8.